The molecule has 25 heavy (non-hydrogen) atoms. The molecule has 0 saturated carbocycles. The van der Waals surface area contributed by atoms with E-state index >= 15 is 0 Å². The molecular formula is C19H21ClN4O. The lowest BCUT2D eigenvalue weighted by Gasteiger charge is -2.19. The summed E-state index contributed by atoms with van der Waals surface area (Å²) in [5.74, 6) is -0.0927. The van der Waals surface area contributed by atoms with Crippen LogP contribution >= 0.6 is 11.6 Å². The number of nitrogens with one attached hydrogen (secondary N) is 1. The Bertz CT molecular complexity index is 852. The lowest BCUT2D eigenvalue weighted by atomic mass is 10.1. The smallest absolute Gasteiger partial charge is 0.245 e. The number of benzene rings is 1. The van der Waals surface area contributed by atoms with Crippen LogP contribution in [0.2, 0.25) is 5.02 Å². The molecule has 2 heterocycles. The van der Waals surface area contributed by atoms with Crippen molar-refractivity contribution in [2.75, 3.05) is 0 Å². The molecule has 0 radical (unpaired) electrons. The van der Waals surface area contributed by atoms with Crippen LogP contribution in [0.1, 0.15) is 37.2 Å². The molecule has 3 rings (SSSR count). The highest BCUT2D eigenvalue weighted by Gasteiger charge is 2.20. The summed E-state index contributed by atoms with van der Waals surface area (Å²) >= 11 is 6.02. The summed E-state index contributed by atoms with van der Waals surface area (Å²) in [4.78, 5) is 12.5. The van der Waals surface area contributed by atoms with Gasteiger partial charge in [-0.1, -0.05) is 23.7 Å². The molecule has 0 saturated heterocycles. The van der Waals surface area contributed by atoms with Crippen LogP contribution < -0.4 is 5.32 Å². The van der Waals surface area contributed by atoms with Crippen LogP contribution in [-0.4, -0.2) is 20.3 Å². The van der Waals surface area contributed by atoms with Gasteiger partial charge in [0.2, 0.25) is 5.91 Å². The van der Waals surface area contributed by atoms with Crippen molar-refractivity contribution >= 4 is 17.5 Å². The summed E-state index contributed by atoms with van der Waals surface area (Å²) in [6.45, 7) is 5.63. The van der Waals surface area contributed by atoms with E-state index in [9.17, 15) is 4.79 Å². The largest absolute Gasteiger partial charge is 0.348 e. The first-order valence-electron chi connectivity index (χ1n) is 8.20. The highest BCUT2D eigenvalue weighted by Crippen LogP contribution is 2.20. The Morgan fingerprint density at radius 3 is 2.36 bits per heavy atom. The van der Waals surface area contributed by atoms with Gasteiger partial charge in [0.1, 0.15) is 6.04 Å². The minimum absolute atomic E-state index is 0.0927. The average Bonchev–Trinajstić information content (AvgIpc) is 3.26. The third-order valence-corrected chi connectivity index (χ3v) is 4.76. The fourth-order valence-corrected chi connectivity index (χ4v) is 2.89. The average molecular weight is 357 g/mol. The molecule has 2 atom stereocenters. The summed E-state index contributed by atoms with van der Waals surface area (Å²) in [7, 11) is 0. The summed E-state index contributed by atoms with van der Waals surface area (Å²) in [6, 6.07) is 11.6. The van der Waals surface area contributed by atoms with Gasteiger partial charge < -0.3 is 9.88 Å². The van der Waals surface area contributed by atoms with Gasteiger partial charge in [0.25, 0.3) is 0 Å². The van der Waals surface area contributed by atoms with Crippen molar-refractivity contribution in [3.63, 3.8) is 0 Å². The van der Waals surface area contributed by atoms with Crippen molar-refractivity contribution < 1.29 is 4.79 Å². The zero-order valence-corrected chi connectivity index (χ0v) is 15.2. The van der Waals surface area contributed by atoms with Crippen LogP contribution in [0.5, 0.6) is 0 Å². The van der Waals surface area contributed by atoms with Crippen molar-refractivity contribution in [3.8, 4) is 5.69 Å². The lowest BCUT2D eigenvalue weighted by Crippen LogP contribution is -2.33. The molecule has 2 aromatic heterocycles. The molecule has 0 bridgehead atoms. The number of hydrogen-bond acceptors (Lipinski definition) is 2. The highest BCUT2D eigenvalue weighted by atomic mass is 35.5. The Kier molecular flexibility index (Phi) is 4.95. The number of carbonyl (C=O) groups is 1. The van der Waals surface area contributed by atoms with Gasteiger partial charge in [-0.2, -0.15) is 5.10 Å². The number of aromatic nitrogens is 3. The zero-order valence-electron chi connectivity index (χ0n) is 14.5. The maximum Gasteiger partial charge on any atom is 0.245 e. The first kappa shape index (κ1) is 17.3. The number of nitrogens with zero attached hydrogens (tertiary/aromatic N) is 3. The molecule has 0 fully saturated rings. The SMILES string of the molecule is Cc1c(Cl)cnn1C(C)C(=O)NC(C)c1ccc(-n2cccc2)cc1. The van der Waals surface area contributed by atoms with E-state index in [4.69, 9.17) is 11.6 Å². The van der Waals surface area contributed by atoms with Crippen molar-refractivity contribution in [3.05, 3.63) is 71.3 Å². The molecule has 0 aliphatic rings. The Labute approximate surface area is 152 Å². The number of halogens is 1. The molecule has 6 heteroatoms. The first-order valence-corrected chi connectivity index (χ1v) is 8.58. The van der Waals surface area contributed by atoms with Crippen molar-refractivity contribution in [2.24, 2.45) is 0 Å². The molecule has 1 aromatic carbocycles. The van der Waals surface area contributed by atoms with Crippen LogP contribution in [0.15, 0.2) is 55.0 Å². The van der Waals surface area contributed by atoms with Crippen molar-refractivity contribution in [1.82, 2.24) is 19.7 Å². The van der Waals surface area contributed by atoms with E-state index in [0.717, 1.165) is 16.9 Å². The molecule has 0 spiro atoms. The van der Waals surface area contributed by atoms with Gasteiger partial charge in [-0.15, -0.1) is 0 Å². The van der Waals surface area contributed by atoms with Crippen molar-refractivity contribution in [2.45, 2.75) is 32.9 Å². The minimum atomic E-state index is -0.422. The number of hydrogen-bond donors (Lipinski definition) is 1. The van der Waals surface area contributed by atoms with Crippen LogP contribution in [0.4, 0.5) is 0 Å². The van der Waals surface area contributed by atoms with Gasteiger partial charge >= 0.3 is 0 Å². The van der Waals surface area contributed by atoms with Gasteiger partial charge in [-0.25, -0.2) is 0 Å². The predicted molar refractivity (Wildman–Crippen MR) is 99.0 cm³/mol. The molecule has 5 nitrogen and oxygen atoms in total. The van der Waals surface area contributed by atoms with Gasteiger partial charge in [0, 0.05) is 18.1 Å². The van der Waals surface area contributed by atoms with E-state index in [-0.39, 0.29) is 11.9 Å². The van der Waals surface area contributed by atoms with Gasteiger partial charge in [-0.05, 0) is 50.6 Å². The summed E-state index contributed by atoms with van der Waals surface area (Å²) in [5, 5.41) is 7.78. The van der Waals surface area contributed by atoms with E-state index in [0.29, 0.717) is 5.02 Å². The minimum Gasteiger partial charge on any atom is -0.348 e. The van der Waals surface area contributed by atoms with Crippen molar-refractivity contribution in [1.29, 1.82) is 0 Å². The predicted octanol–water partition coefficient (Wildman–Crippen LogP) is 4.07. The summed E-state index contributed by atoms with van der Waals surface area (Å²) in [5.41, 5.74) is 2.92. The second kappa shape index (κ2) is 7.15. The molecule has 1 N–H and O–H groups in total. The molecule has 1 amide bonds. The first-order chi connectivity index (χ1) is 12.0. The third-order valence-electron chi connectivity index (χ3n) is 4.39. The zero-order chi connectivity index (χ0) is 18.0. The third kappa shape index (κ3) is 3.61. The topological polar surface area (TPSA) is 51.9 Å². The quantitative estimate of drug-likeness (QED) is 0.749. The highest BCUT2D eigenvalue weighted by molar-refractivity contribution is 6.31. The lowest BCUT2D eigenvalue weighted by molar-refractivity contribution is -0.124. The molecular weight excluding hydrogens is 336 g/mol. The molecule has 0 aliphatic heterocycles. The molecule has 3 aromatic rings. The van der Waals surface area contributed by atoms with Crippen LogP contribution in [0.25, 0.3) is 5.69 Å². The van der Waals surface area contributed by atoms with E-state index < -0.39 is 6.04 Å². The van der Waals surface area contributed by atoms with E-state index in [1.54, 1.807) is 10.9 Å². The number of rotatable bonds is 5. The fraction of sp³-hybridized carbons (Fsp3) is 0.263. The van der Waals surface area contributed by atoms with Crippen LogP contribution in [-0.2, 0) is 4.79 Å². The summed E-state index contributed by atoms with van der Waals surface area (Å²) < 4.78 is 3.68. The maximum absolute atomic E-state index is 12.5. The number of amides is 1. The van der Waals surface area contributed by atoms with E-state index in [1.807, 2.05) is 74.1 Å². The van der Waals surface area contributed by atoms with E-state index in [2.05, 4.69) is 10.4 Å². The van der Waals surface area contributed by atoms with Gasteiger partial charge in [-0.3, -0.25) is 9.48 Å². The van der Waals surface area contributed by atoms with Crippen LogP contribution in [0.3, 0.4) is 0 Å². The van der Waals surface area contributed by atoms with Gasteiger partial charge in [0.05, 0.1) is 23.0 Å². The normalized spacial score (nSPS) is 13.4. The molecule has 0 aliphatic carbocycles. The van der Waals surface area contributed by atoms with Crippen LogP contribution in [0, 0.1) is 6.92 Å². The number of carbonyl (C=O) groups excluding carboxylic acids is 1. The molecule has 130 valence electrons. The van der Waals surface area contributed by atoms with Gasteiger partial charge in [0.15, 0.2) is 0 Å². The van der Waals surface area contributed by atoms with E-state index in [1.165, 1.54) is 0 Å². The second-order valence-electron chi connectivity index (χ2n) is 6.11. The Hall–Kier alpha value is -2.53. The fourth-order valence-electron chi connectivity index (χ4n) is 2.76. The molecule has 2 unspecified atom stereocenters. The Morgan fingerprint density at radius 1 is 1.16 bits per heavy atom. The summed E-state index contributed by atoms with van der Waals surface area (Å²) in [6.07, 6.45) is 5.56. The maximum atomic E-state index is 12.5. The Morgan fingerprint density at radius 2 is 1.80 bits per heavy atom. The second-order valence-corrected chi connectivity index (χ2v) is 6.52. The standard InChI is InChI=1S/C19H21ClN4O/c1-13(16-6-8-17(9-7-16)23-10-4-5-11-23)22-19(25)15(3)24-14(2)18(20)12-21-24/h4-13,15H,1-3H3,(H,22,25). The Balaban J connectivity index is 1.68. The monoisotopic (exact) mass is 356 g/mol.